The Labute approximate surface area is 77.9 Å². The molecule has 0 amide bonds. The number of hydrogen-bond donors (Lipinski definition) is 0. The van der Waals surface area contributed by atoms with Crippen molar-refractivity contribution in [3.8, 4) is 0 Å². The largest absolute Gasteiger partial charge is 0.392 e. The van der Waals surface area contributed by atoms with Gasteiger partial charge in [-0.3, -0.25) is 0 Å². The van der Waals surface area contributed by atoms with Crippen LogP contribution in [0.5, 0.6) is 0 Å². The minimum Gasteiger partial charge on any atom is -0.392 e. The van der Waals surface area contributed by atoms with Crippen LogP contribution in [0.25, 0.3) is 0 Å². The molecule has 0 bridgehead atoms. The van der Waals surface area contributed by atoms with E-state index in [-0.39, 0.29) is 6.17 Å². The molecule has 0 aliphatic rings. The zero-order valence-corrected chi connectivity index (χ0v) is 7.05. The molecule has 0 atom stereocenters. The lowest BCUT2D eigenvalue weighted by molar-refractivity contribution is 0.0700. The SMILES string of the molecule is [2H]c1ccnn1OCc1ccccc1. The Morgan fingerprint density at radius 1 is 1.31 bits per heavy atom. The van der Waals surface area contributed by atoms with Crippen LogP contribution in [-0.4, -0.2) is 9.94 Å². The topological polar surface area (TPSA) is 27.1 Å². The molecule has 0 radical (unpaired) electrons. The maximum absolute atomic E-state index is 7.39. The Bertz CT molecular complexity index is 400. The second-order valence-electron chi connectivity index (χ2n) is 2.59. The normalized spacial score (nSPS) is 10.9. The summed E-state index contributed by atoms with van der Waals surface area (Å²) in [6.07, 6.45) is 1.79. The van der Waals surface area contributed by atoms with Crippen LogP contribution in [0.4, 0.5) is 0 Å². The van der Waals surface area contributed by atoms with Crippen molar-refractivity contribution in [2.75, 3.05) is 0 Å². The molecule has 1 heterocycles. The highest BCUT2D eigenvalue weighted by Crippen LogP contribution is 1.98. The Kier molecular flexibility index (Phi) is 1.94. The molecule has 2 rings (SSSR count). The number of hydrogen-bond acceptors (Lipinski definition) is 2. The second-order valence-corrected chi connectivity index (χ2v) is 2.59. The van der Waals surface area contributed by atoms with E-state index in [2.05, 4.69) is 5.10 Å². The van der Waals surface area contributed by atoms with Gasteiger partial charge >= 0.3 is 0 Å². The van der Waals surface area contributed by atoms with Crippen molar-refractivity contribution in [3.63, 3.8) is 0 Å². The molecule has 0 aliphatic carbocycles. The molecule has 0 unspecified atom stereocenters. The fourth-order valence-electron chi connectivity index (χ4n) is 1.00. The van der Waals surface area contributed by atoms with Crippen LogP contribution in [0.1, 0.15) is 6.93 Å². The third kappa shape index (κ3) is 2.08. The monoisotopic (exact) mass is 175 g/mol. The Morgan fingerprint density at radius 2 is 2.15 bits per heavy atom. The van der Waals surface area contributed by atoms with Gasteiger partial charge in [0.15, 0.2) is 0 Å². The van der Waals surface area contributed by atoms with E-state index in [0.717, 1.165) is 5.56 Å². The summed E-state index contributed by atoms with van der Waals surface area (Å²) in [6.45, 7) is 0.425. The van der Waals surface area contributed by atoms with E-state index in [1.54, 1.807) is 6.07 Å². The van der Waals surface area contributed by atoms with Gasteiger partial charge in [-0.15, -0.1) is 9.94 Å². The van der Waals surface area contributed by atoms with Crippen LogP contribution in [0.3, 0.4) is 0 Å². The summed E-state index contributed by atoms with van der Waals surface area (Å²) in [6, 6.07) is 11.4. The van der Waals surface area contributed by atoms with Gasteiger partial charge in [0.2, 0.25) is 0 Å². The molecule has 0 saturated heterocycles. The van der Waals surface area contributed by atoms with Crippen molar-refractivity contribution in [1.82, 2.24) is 9.94 Å². The molecule has 3 heteroatoms. The Hall–Kier alpha value is -1.77. The maximum atomic E-state index is 7.39. The smallest absolute Gasteiger partial charge is 0.142 e. The van der Waals surface area contributed by atoms with Crippen LogP contribution in [-0.2, 0) is 6.61 Å². The average molecular weight is 175 g/mol. The van der Waals surface area contributed by atoms with E-state index in [1.807, 2.05) is 30.3 Å². The molecule has 66 valence electrons. The van der Waals surface area contributed by atoms with Gasteiger partial charge in [-0.25, -0.2) is 0 Å². The molecule has 2 aromatic rings. The van der Waals surface area contributed by atoms with Gasteiger partial charge in [0.1, 0.15) is 6.61 Å². The lowest BCUT2D eigenvalue weighted by Crippen LogP contribution is -2.11. The average Bonchev–Trinajstić information content (AvgIpc) is 2.63. The number of benzene rings is 1. The van der Waals surface area contributed by atoms with E-state index < -0.39 is 0 Å². The van der Waals surface area contributed by atoms with Crippen molar-refractivity contribution in [1.29, 1.82) is 0 Å². The fourth-order valence-corrected chi connectivity index (χ4v) is 1.00. The molecular formula is C10H10N2O. The van der Waals surface area contributed by atoms with E-state index >= 15 is 0 Å². The number of aromatic nitrogens is 2. The molecule has 0 saturated carbocycles. The van der Waals surface area contributed by atoms with Gasteiger partial charge in [-0.1, -0.05) is 30.3 Å². The summed E-state index contributed by atoms with van der Waals surface area (Å²) in [5.74, 6) is 0. The second kappa shape index (κ2) is 3.76. The predicted molar refractivity (Wildman–Crippen MR) is 49.0 cm³/mol. The minimum absolute atomic E-state index is 0.251. The summed E-state index contributed by atoms with van der Waals surface area (Å²) in [7, 11) is 0. The minimum atomic E-state index is 0.251. The fraction of sp³-hybridized carbons (Fsp3) is 0.100. The first kappa shape index (κ1) is 6.71. The van der Waals surface area contributed by atoms with Gasteiger partial charge in [-0.05, 0) is 11.6 Å². The maximum Gasteiger partial charge on any atom is 0.142 e. The highest BCUT2D eigenvalue weighted by atomic mass is 16.7. The van der Waals surface area contributed by atoms with E-state index in [4.69, 9.17) is 6.21 Å². The first-order valence-corrected chi connectivity index (χ1v) is 4.04. The van der Waals surface area contributed by atoms with E-state index in [0.29, 0.717) is 6.61 Å². The molecule has 0 aliphatic heterocycles. The number of nitrogens with zero attached hydrogens (tertiary/aromatic N) is 2. The van der Waals surface area contributed by atoms with Crippen molar-refractivity contribution in [2.45, 2.75) is 6.61 Å². The van der Waals surface area contributed by atoms with Crippen LogP contribution >= 0.6 is 0 Å². The van der Waals surface area contributed by atoms with Crippen LogP contribution in [0.2, 0.25) is 0 Å². The van der Waals surface area contributed by atoms with Crippen molar-refractivity contribution in [3.05, 3.63) is 54.3 Å². The van der Waals surface area contributed by atoms with Crippen LogP contribution in [0, 0.1) is 0 Å². The molecule has 0 spiro atoms. The van der Waals surface area contributed by atoms with Gasteiger partial charge < -0.3 is 4.84 Å². The van der Waals surface area contributed by atoms with Gasteiger partial charge in [0, 0.05) is 0 Å². The third-order valence-corrected chi connectivity index (χ3v) is 1.63. The summed E-state index contributed by atoms with van der Waals surface area (Å²) in [5.41, 5.74) is 1.06. The van der Waals surface area contributed by atoms with Crippen molar-refractivity contribution in [2.24, 2.45) is 0 Å². The molecule has 1 aromatic carbocycles. The standard InChI is InChI=1S/C10H10N2O/c1-2-5-10(6-3-1)9-13-12-8-4-7-11-12/h1-8H,9H2/i8D. The van der Waals surface area contributed by atoms with Gasteiger partial charge in [0.25, 0.3) is 0 Å². The molecule has 3 nitrogen and oxygen atoms in total. The molecule has 13 heavy (non-hydrogen) atoms. The molecule has 0 N–H and O–H groups in total. The third-order valence-electron chi connectivity index (χ3n) is 1.63. The lowest BCUT2D eigenvalue weighted by Gasteiger charge is -2.03. The van der Waals surface area contributed by atoms with E-state index in [1.165, 1.54) is 11.0 Å². The Morgan fingerprint density at radius 3 is 2.85 bits per heavy atom. The summed E-state index contributed by atoms with van der Waals surface area (Å²) in [4.78, 5) is 6.48. The van der Waals surface area contributed by atoms with Crippen molar-refractivity contribution < 1.29 is 6.21 Å². The van der Waals surface area contributed by atoms with Crippen molar-refractivity contribution >= 4 is 0 Å². The Balaban J connectivity index is 1.99. The number of rotatable bonds is 3. The van der Waals surface area contributed by atoms with Gasteiger partial charge in [-0.2, -0.15) is 0 Å². The summed E-state index contributed by atoms with van der Waals surface area (Å²) in [5, 5.41) is 3.84. The highest BCUT2D eigenvalue weighted by molar-refractivity contribution is 5.13. The summed E-state index contributed by atoms with van der Waals surface area (Å²) >= 11 is 0. The highest BCUT2D eigenvalue weighted by Gasteiger charge is 1.92. The summed E-state index contributed by atoms with van der Waals surface area (Å²) < 4.78 is 7.39. The lowest BCUT2D eigenvalue weighted by atomic mass is 10.2. The van der Waals surface area contributed by atoms with Crippen LogP contribution in [0.15, 0.2) is 48.8 Å². The zero-order valence-electron chi connectivity index (χ0n) is 8.05. The first-order chi connectivity index (χ1) is 6.86. The first-order valence-electron chi connectivity index (χ1n) is 4.54. The van der Waals surface area contributed by atoms with Crippen LogP contribution < -0.4 is 4.84 Å². The van der Waals surface area contributed by atoms with E-state index in [9.17, 15) is 0 Å². The zero-order chi connectivity index (χ0) is 9.80. The molecular weight excluding hydrogens is 164 g/mol. The predicted octanol–water partition coefficient (Wildman–Crippen LogP) is 1.51. The quantitative estimate of drug-likeness (QED) is 0.707. The molecule has 0 fully saturated rings. The van der Waals surface area contributed by atoms with Gasteiger partial charge in [0.05, 0.1) is 13.7 Å². The molecule has 1 aromatic heterocycles.